The van der Waals surface area contributed by atoms with Crippen molar-refractivity contribution in [1.29, 1.82) is 0 Å². The Labute approximate surface area is 144 Å². The van der Waals surface area contributed by atoms with Crippen LogP contribution >= 0.6 is 22.7 Å². The first kappa shape index (κ1) is 15.0. The normalized spacial score (nSPS) is 18.7. The zero-order chi connectivity index (χ0) is 16.0. The highest BCUT2D eigenvalue weighted by Gasteiger charge is 2.29. The third-order valence-electron chi connectivity index (χ3n) is 4.64. The zero-order valence-corrected chi connectivity index (χ0v) is 15.3. The number of hydrogen-bond acceptors (Lipinski definition) is 6. The Morgan fingerprint density at radius 3 is 2.83 bits per heavy atom. The Bertz CT molecular complexity index is 852. The van der Waals surface area contributed by atoms with E-state index >= 15 is 0 Å². The van der Waals surface area contributed by atoms with Crippen LogP contribution in [0.5, 0.6) is 0 Å². The second-order valence-electron chi connectivity index (χ2n) is 6.19. The number of rotatable bonds is 2. The summed E-state index contributed by atoms with van der Waals surface area (Å²) in [6, 6.07) is 0.347. The Hall–Kier alpha value is -1.53. The number of nitrogens with zero attached hydrogens (tertiary/aromatic N) is 4. The van der Waals surface area contributed by atoms with E-state index in [2.05, 4.69) is 41.0 Å². The Balaban J connectivity index is 1.84. The summed E-state index contributed by atoms with van der Waals surface area (Å²) < 4.78 is 0. The summed E-state index contributed by atoms with van der Waals surface area (Å²) in [6.45, 7) is 7.48. The van der Waals surface area contributed by atoms with Crippen LogP contribution < -0.4 is 4.90 Å². The maximum absolute atomic E-state index is 4.75. The van der Waals surface area contributed by atoms with Crippen molar-refractivity contribution in [2.75, 3.05) is 11.4 Å². The molecule has 3 aromatic rings. The highest BCUT2D eigenvalue weighted by Crippen LogP contribution is 2.41. The predicted octanol–water partition coefficient (Wildman–Crippen LogP) is 4.80. The summed E-state index contributed by atoms with van der Waals surface area (Å²) in [7, 11) is 0. The standard InChI is InChI=1S/C17H20N4S2/c1-10-8-22-16(20-10)13-6-4-5-7-21(13)15-14-11(2)12(3)23-17(14)19-9-18-15/h8-9,13H,4-7H2,1-3H3/t13-/m1/s1. The van der Waals surface area contributed by atoms with Gasteiger partial charge in [-0.15, -0.1) is 22.7 Å². The average molecular weight is 345 g/mol. The third kappa shape index (κ3) is 2.54. The lowest BCUT2D eigenvalue weighted by Crippen LogP contribution is -2.34. The molecule has 1 atom stereocenters. The van der Waals surface area contributed by atoms with Gasteiger partial charge in [0.2, 0.25) is 0 Å². The van der Waals surface area contributed by atoms with Crippen molar-refractivity contribution in [3.05, 3.63) is 32.8 Å². The Morgan fingerprint density at radius 2 is 2.04 bits per heavy atom. The van der Waals surface area contributed by atoms with Gasteiger partial charge in [0.15, 0.2) is 0 Å². The summed E-state index contributed by atoms with van der Waals surface area (Å²) in [5.41, 5.74) is 2.44. The Kier molecular flexibility index (Phi) is 3.81. The van der Waals surface area contributed by atoms with Crippen molar-refractivity contribution >= 4 is 38.7 Å². The second-order valence-corrected chi connectivity index (χ2v) is 8.29. The lowest BCUT2D eigenvalue weighted by Gasteiger charge is -2.35. The molecule has 0 radical (unpaired) electrons. The summed E-state index contributed by atoms with van der Waals surface area (Å²) in [5.74, 6) is 1.09. The van der Waals surface area contributed by atoms with E-state index in [1.807, 2.05) is 0 Å². The van der Waals surface area contributed by atoms with E-state index in [4.69, 9.17) is 4.98 Å². The monoisotopic (exact) mass is 344 g/mol. The molecule has 0 unspecified atom stereocenters. The second kappa shape index (κ2) is 5.83. The molecule has 4 nitrogen and oxygen atoms in total. The first-order valence-corrected chi connectivity index (χ1v) is 9.74. The van der Waals surface area contributed by atoms with Gasteiger partial charge in [0.25, 0.3) is 0 Å². The molecule has 23 heavy (non-hydrogen) atoms. The van der Waals surface area contributed by atoms with Crippen molar-refractivity contribution < 1.29 is 0 Å². The van der Waals surface area contributed by atoms with Crippen molar-refractivity contribution in [1.82, 2.24) is 15.0 Å². The molecule has 4 heterocycles. The predicted molar refractivity (Wildman–Crippen MR) is 97.7 cm³/mol. The van der Waals surface area contributed by atoms with Gasteiger partial charge in [-0.1, -0.05) is 0 Å². The van der Waals surface area contributed by atoms with Gasteiger partial charge in [0.05, 0.1) is 11.4 Å². The number of fused-ring (bicyclic) bond motifs is 1. The highest BCUT2D eigenvalue weighted by molar-refractivity contribution is 7.18. The van der Waals surface area contributed by atoms with Gasteiger partial charge in [-0.2, -0.15) is 0 Å². The zero-order valence-electron chi connectivity index (χ0n) is 13.7. The molecule has 4 rings (SSSR count). The number of thiazole rings is 1. The molecular formula is C17H20N4S2. The van der Waals surface area contributed by atoms with Crippen molar-refractivity contribution in [2.24, 2.45) is 0 Å². The van der Waals surface area contributed by atoms with E-state index in [9.17, 15) is 0 Å². The number of thiophene rings is 1. The summed E-state index contributed by atoms with van der Waals surface area (Å²) in [6.07, 6.45) is 5.34. The first-order chi connectivity index (χ1) is 11.1. The van der Waals surface area contributed by atoms with Crippen LogP contribution in [-0.2, 0) is 0 Å². The van der Waals surface area contributed by atoms with Crippen LogP contribution in [0.1, 0.15) is 46.4 Å². The fourth-order valence-corrected chi connectivity index (χ4v) is 5.28. The van der Waals surface area contributed by atoms with E-state index in [0.717, 1.165) is 29.3 Å². The molecule has 1 saturated heterocycles. The number of hydrogen-bond donors (Lipinski definition) is 0. The van der Waals surface area contributed by atoms with Crippen LogP contribution in [0.3, 0.4) is 0 Å². The minimum Gasteiger partial charge on any atom is -0.346 e. The Morgan fingerprint density at radius 1 is 1.17 bits per heavy atom. The van der Waals surface area contributed by atoms with Gasteiger partial charge in [0.1, 0.15) is 22.0 Å². The maximum atomic E-state index is 4.75. The topological polar surface area (TPSA) is 41.9 Å². The highest BCUT2D eigenvalue weighted by atomic mass is 32.1. The SMILES string of the molecule is Cc1csc([C@H]2CCCCN2c2ncnc3sc(C)c(C)c23)n1. The quantitative estimate of drug-likeness (QED) is 0.669. The largest absolute Gasteiger partial charge is 0.346 e. The minimum atomic E-state index is 0.347. The molecule has 0 aromatic carbocycles. The third-order valence-corrected chi connectivity index (χ3v) is 6.82. The van der Waals surface area contributed by atoms with Crippen LogP contribution in [-0.4, -0.2) is 21.5 Å². The smallest absolute Gasteiger partial charge is 0.141 e. The molecule has 3 aromatic heterocycles. The van der Waals surface area contributed by atoms with Crippen LogP contribution in [0, 0.1) is 20.8 Å². The van der Waals surface area contributed by atoms with E-state index in [1.165, 1.54) is 33.7 Å². The first-order valence-electron chi connectivity index (χ1n) is 8.04. The van der Waals surface area contributed by atoms with E-state index in [-0.39, 0.29) is 0 Å². The average Bonchev–Trinajstić information content (AvgIpc) is 3.11. The summed E-state index contributed by atoms with van der Waals surface area (Å²) in [4.78, 5) is 18.8. The molecule has 0 spiro atoms. The fraction of sp³-hybridized carbons (Fsp3) is 0.471. The molecule has 0 saturated carbocycles. The van der Waals surface area contributed by atoms with E-state index in [1.54, 1.807) is 29.0 Å². The van der Waals surface area contributed by atoms with Gasteiger partial charge >= 0.3 is 0 Å². The summed E-state index contributed by atoms with van der Waals surface area (Å²) in [5, 5.41) is 4.60. The summed E-state index contributed by atoms with van der Waals surface area (Å²) >= 11 is 3.54. The molecular weight excluding hydrogens is 324 g/mol. The fourth-order valence-electron chi connectivity index (χ4n) is 3.35. The minimum absolute atomic E-state index is 0.347. The van der Waals surface area contributed by atoms with E-state index in [0.29, 0.717) is 6.04 Å². The lowest BCUT2D eigenvalue weighted by molar-refractivity contribution is 0.469. The van der Waals surface area contributed by atoms with Crippen molar-refractivity contribution in [3.63, 3.8) is 0 Å². The molecule has 1 aliphatic rings. The van der Waals surface area contributed by atoms with Gasteiger partial charge in [0, 0.05) is 22.5 Å². The number of aromatic nitrogens is 3. The van der Waals surface area contributed by atoms with Gasteiger partial charge in [-0.25, -0.2) is 15.0 Å². The molecule has 0 amide bonds. The van der Waals surface area contributed by atoms with Gasteiger partial charge in [-0.05, 0) is 45.6 Å². The lowest BCUT2D eigenvalue weighted by atomic mass is 10.0. The number of aryl methyl sites for hydroxylation is 3. The molecule has 0 bridgehead atoms. The van der Waals surface area contributed by atoms with Crippen LogP contribution in [0.25, 0.3) is 10.2 Å². The van der Waals surface area contributed by atoms with Crippen molar-refractivity contribution in [2.45, 2.75) is 46.1 Å². The molecule has 6 heteroatoms. The molecule has 1 fully saturated rings. The van der Waals surface area contributed by atoms with Gasteiger partial charge in [-0.3, -0.25) is 0 Å². The maximum Gasteiger partial charge on any atom is 0.141 e. The molecule has 0 N–H and O–H groups in total. The molecule has 0 aliphatic carbocycles. The van der Waals surface area contributed by atoms with Crippen LogP contribution in [0.4, 0.5) is 5.82 Å². The molecule has 1 aliphatic heterocycles. The van der Waals surface area contributed by atoms with Crippen LogP contribution in [0.2, 0.25) is 0 Å². The molecule has 120 valence electrons. The van der Waals surface area contributed by atoms with Crippen molar-refractivity contribution in [3.8, 4) is 0 Å². The number of piperidine rings is 1. The van der Waals surface area contributed by atoms with E-state index < -0.39 is 0 Å². The number of anilines is 1. The van der Waals surface area contributed by atoms with Crippen LogP contribution in [0.15, 0.2) is 11.7 Å². The van der Waals surface area contributed by atoms with Gasteiger partial charge < -0.3 is 4.90 Å².